The molecule has 1 aliphatic heterocycles. The zero-order valence-electron chi connectivity index (χ0n) is 15.6. The molecule has 1 aromatic carbocycles. The number of nitrogens with one attached hydrogen (secondary N) is 1. The smallest absolute Gasteiger partial charge is 0.224 e. The fourth-order valence-electron chi connectivity index (χ4n) is 3.78. The molecule has 0 spiro atoms. The van der Waals surface area contributed by atoms with Crippen LogP contribution in [0.5, 0.6) is 0 Å². The van der Waals surface area contributed by atoms with Gasteiger partial charge in [-0.1, -0.05) is 37.5 Å². The molecule has 0 atom stereocenters. The Morgan fingerprint density at radius 2 is 1.77 bits per heavy atom. The molecule has 2 fully saturated rings. The van der Waals surface area contributed by atoms with Gasteiger partial charge in [-0.05, 0) is 25.0 Å². The first kappa shape index (κ1) is 18.5. The van der Waals surface area contributed by atoms with Gasteiger partial charge in [-0.15, -0.1) is 0 Å². The van der Waals surface area contributed by atoms with Crippen molar-refractivity contribution in [3.8, 4) is 0 Å². The fraction of sp³-hybridized carbons (Fsp3) is 0.600. The normalized spacial score (nSPS) is 19.5. The van der Waals surface area contributed by atoms with Gasteiger partial charge < -0.3 is 20.9 Å². The number of benzene rings is 1. The number of piperazine rings is 1. The first-order valence-corrected chi connectivity index (χ1v) is 9.86. The van der Waals surface area contributed by atoms with Gasteiger partial charge in [0.15, 0.2) is 5.96 Å². The van der Waals surface area contributed by atoms with Crippen LogP contribution in [0.2, 0.25) is 0 Å². The third kappa shape index (κ3) is 5.38. The molecule has 6 nitrogen and oxygen atoms in total. The summed E-state index contributed by atoms with van der Waals surface area (Å²) in [5.41, 5.74) is 7.19. The van der Waals surface area contributed by atoms with Crippen molar-refractivity contribution in [2.75, 3.05) is 37.6 Å². The number of hydrogen-bond donors (Lipinski definition) is 2. The molecule has 2 aliphatic rings. The van der Waals surface area contributed by atoms with Gasteiger partial charge in [0.2, 0.25) is 5.91 Å². The molecule has 142 valence electrons. The van der Waals surface area contributed by atoms with E-state index in [1.165, 1.54) is 37.8 Å². The van der Waals surface area contributed by atoms with Crippen molar-refractivity contribution in [1.82, 2.24) is 10.2 Å². The largest absolute Gasteiger partial charge is 0.370 e. The molecular formula is C20H31N5O. The van der Waals surface area contributed by atoms with E-state index in [4.69, 9.17) is 5.73 Å². The van der Waals surface area contributed by atoms with Crippen LogP contribution < -0.4 is 16.0 Å². The van der Waals surface area contributed by atoms with Gasteiger partial charge >= 0.3 is 0 Å². The molecule has 6 heteroatoms. The predicted molar refractivity (Wildman–Crippen MR) is 106 cm³/mol. The van der Waals surface area contributed by atoms with Crippen LogP contribution in [-0.2, 0) is 4.79 Å². The Morgan fingerprint density at radius 3 is 2.46 bits per heavy atom. The second kappa shape index (κ2) is 9.46. The van der Waals surface area contributed by atoms with Crippen molar-refractivity contribution < 1.29 is 4.79 Å². The molecule has 1 saturated heterocycles. The molecule has 26 heavy (non-hydrogen) atoms. The minimum Gasteiger partial charge on any atom is -0.370 e. The lowest BCUT2D eigenvalue weighted by Crippen LogP contribution is -2.49. The molecule has 1 amide bonds. The average Bonchev–Trinajstić information content (AvgIpc) is 2.69. The summed E-state index contributed by atoms with van der Waals surface area (Å²) in [7, 11) is 0. The lowest BCUT2D eigenvalue weighted by Gasteiger charge is -2.36. The quantitative estimate of drug-likeness (QED) is 0.624. The Hall–Kier alpha value is -2.24. The zero-order chi connectivity index (χ0) is 18.2. The minimum absolute atomic E-state index is 0.173. The summed E-state index contributed by atoms with van der Waals surface area (Å²) < 4.78 is 0. The Bertz CT molecular complexity index is 589. The van der Waals surface area contributed by atoms with E-state index < -0.39 is 0 Å². The Labute approximate surface area is 156 Å². The van der Waals surface area contributed by atoms with Crippen LogP contribution in [0.15, 0.2) is 35.3 Å². The third-order valence-corrected chi connectivity index (χ3v) is 5.32. The predicted octanol–water partition coefficient (Wildman–Crippen LogP) is 1.96. The highest BCUT2D eigenvalue weighted by molar-refractivity contribution is 5.79. The van der Waals surface area contributed by atoms with Crippen LogP contribution in [0.1, 0.15) is 38.5 Å². The summed E-state index contributed by atoms with van der Waals surface area (Å²) in [6.07, 6.45) is 6.61. The number of rotatable bonds is 5. The lowest BCUT2D eigenvalue weighted by atomic mass is 9.96. The van der Waals surface area contributed by atoms with Crippen LogP contribution in [-0.4, -0.2) is 55.5 Å². The number of guanidine groups is 1. The SMILES string of the molecule is NC(=NCCC(=O)N1CCN(c2ccccc2)CC1)NC1CCCCC1. The van der Waals surface area contributed by atoms with Crippen molar-refractivity contribution in [3.63, 3.8) is 0 Å². The number of nitrogens with two attached hydrogens (primary N) is 1. The maximum Gasteiger partial charge on any atom is 0.224 e. The van der Waals surface area contributed by atoms with Crippen LogP contribution in [0.3, 0.4) is 0 Å². The summed E-state index contributed by atoms with van der Waals surface area (Å²) >= 11 is 0. The fourth-order valence-corrected chi connectivity index (χ4v) is 3.78. The summed E-state index contributed by atoms with van der Waals surface area (Å²) in [4.78, 5) is 21.0. The standard InChI is InChI=1S/C20H31N5O/c21-20(23-17-7-3-1-4-8-17)22-12-11-19(26)25-15-13-24(14-16-25)18-9-5-2-6-10-18/h2,5-6,9-10,17H,1,3-4,7-8,11-16H2,(H3,21,22,23). The molecule has 0 bridgehead atoms. The molecule has 1 aliphatic carbocycles. The Kier molecular flexibility index (Phi) is 6.75. The van der Waals surface area contributed by atoms with Gasteiger partial charge in [0.25, 0.3) is 0 Å². The maximum atomic E-state index is 12.4. The second-order valence-electron chi connectivity index (χ2n) is 7.20. The Morgan fingerprint density at radius 1 is 1.08 bits per heavy atom. The molecular weight excluding hydrogens is 326 g/mol. The number of hydrogen-bond acceptors (Lipinski definition) is 3. The van der Waals surface area contributed by atoms with E-state index >= 15 is 0 Å². The van der Waals surface area contributed by atoms with E-state index in [0.29, 0.717) is 25.0 Å². The van der Waals surface area contributed by atoms with Gasteiger partial charge in [-0.2, -0.15) is 0 Å². The monoisotopic (exact) mass is 357 g/mol. The zero-order valence-corrected chi connectivity index (χ0v) is 15.6. The van der Waals surface area contributed by atoms with Crippen molar-refractivity contribution >= 4 is 17.6 Å². The molecule has 0 unspecified atom stereocenters. The summed E-state index contributed by atoms with van der Waals surface area (Å²) in [5.74, 6) is 0.658. The maximum absolute atomic E-state index is 12.4. The second-order valence-corrected chi connectivity index (χ2v) is 7.20. The number of amides is 1. The van der Waals surface area contributed by atoms with Crippen molar-refractivity contribution in [2.45, 2.75) is 44.6 Å². The highest BCUT2D eigenvalue weighted by atomic mass is 16.2. The van der Waals surface area contributed by atoms with Gasteiger partial charge in [0.1, 0.15) is 0 Å². The molecule has 1 aromatic rings. The number of para-hydroxylation sites is 1. The number of carbonyl (C=O) groups is 1. The van der Waals surface area contributed by atoms with E-state index in [2.05, 4.69) is 39.5 Å². The number of carbonyl (C=O) groups excluding carboxylic acids is 1. The third-order valence-electron chi connectivity index (χ3n) is 5.32. The highest BCUT2D eigenvalue weighted by Gasteiger charge is 2.20. The minimum atomic E-state index is 0.173. The van der Waals surface area contributed by atoms with Crippen LogP contribution in [0, 0.1) is 0 Å². The summed E-state index contributed by atoms with van der Waals surface area (Å²) in [6, 6.07) is 10.8. The number of anilines is 1. The lowest BCUT2D eigenvalue weighted by molar-refractivity contribution is -0.131. The molecule has 3 rings (SSSR count). The average molecular weight is 358 g/mol. The topological polar surface area (TPSA) is 74.0 Å². The van der Waals surface area contributed by atoms with E-state index in [1.54, 1.807) is 0 Å². The molecule has 0 aromatic heterocycles. The molecule has 1 saturated carbocycles. The molecule has 0 radical (unpaired) electrons. The van der Waals surface area contributed by atoms with Crippen LogP contribution in [0.25, 0.3) is 0 Å². The van der Waals surface area contributed by atoms with Crippen molar-refractivity contribution in [2.24, 2.45) is 10.7 Å². The molecule has 3 N–H and O–H groups in total. The molecule has 1 heterocycles. The number of aliphatic imine (C=N–C) groups is 1. The van der Waals surface area contributed by atoms with Crippen LogP contribution in [0.4, 0.5) is 5.69 Å². The summed E-state index contributed by atoms with van der Waals surface area (Å²) in [5, 5.41) is 3.29. The van der Waals surface area contributed by atoms with Crippen LogP contribution >= 0.6 is 0 Å². The van der Waals surface area contributed by atoms with Gasteiger partial charge in [-0.25, -0.2) is 0 Å². The van der Waals surface area contributed by atoms with E-state index in [-0.39, 0.29) is 5.91 Å². The van der Waals surface area contributed by atoms with E-state index in [0.717, 1.165) is 26.2 Å². The van der Waals surface area contributed by atoms with Gasteiger partial charge in [0, 0.05) is 44.3 Å². The highest BCUT2D eigenvalue weighted by Crippen LogP contribution is 2.17. The van der Waals surface area contributed by atoms with Crippen molar-refractivity contribution in [3.05, 3.63) is 30.3 Å². The van der Waals surface area contributed by atoms with Gasteiger partial charge in [-0.3, -0.25) is 9.79 Å². The summed E-state index contributed by atoms with van der Waals surface area (Å²) in [6.45, 7) is 3.76. The van der Waals surface area contributed by atoms with Gasteiger partial charge in [0.05, 0.1) is 6.54 Å². The van der Waals surface area contributed by atoms with Crippen molar-refractivity contribution in [1.29, 1.82) is 0 Å². The van der Waals surface area contributed by atoms with E-state index in [9.17, 15) is 4.79 Å². The number of nitrogens with zero attached hydrogens (tertiary/aromatic N) is 3. The first-order valence-electron chi connectivity index (χ1n) is 9.86. The van der Waals surface area contributed by atoms with E-state index in [1.807, 2.05) is 11.0 Å². The Balaban J connectivity index is 1.37. The first-order chi connectivity index (χ1) is 12.7.